The van der Waals surface area contributed by atoms with Crippen molar-refractivity contribution in [1.82, 2.24) is 15.5 Å². The van der Waals surface area contributed by atoms with Gasteiger partial charge in [0.25, 0.3) is 0 Å². The number of rotatable bonds is 10. The molecule has 5 N–H and O–H groups in total. The summed E-state index contributed by atoms with van der Waals surface area (Å²) in [7, 11) is 0. The van der Waals surface area contributed by atoms with E-state index in [-0.39, 0.29) is 24.3 Å². The number of hydrogen-bond acceptors (Lipinski definition) is 5. The smallest absolute Gasteiger partial charge is 0.322 e. The largest absolute Gasteiger partial charge is 0.480 e. The number of nitrogens with one attached hydrogen (secondary N) is 2. The number of carbonyl (C=O) groups excluding carboxylic acids is 3. The van der Waals surface area contributed by atoms with E-state index in [4.69, 9.17) is 10.8 Å². The zero-order chi connectivity index (χ0) is 22.4. The highest BCUT2D eigenvalue weighted by Gasteiger charge is 2.53. The summed E-state index contributed by atoms with van der Waals surface area (Å²) in [6.07, 6.45) is 0.713. The molecule has 0 unspecified atom stereocenters. The first-order valence-corrected chi connectivity index (χ1v) is 10.0. The van der Waals surface area contributed by atoms with Gasteiger partial charge >= 0.3 is 5.97 Å². The average Bonchev–Trinajstić information content (AvgIpc) is 3.36. The molecule has 4 atom stereocenters. The van der Waals surface area contributed by atoms with Gasteiger partial charge in [-0.2, -0.15) is 0 Å². The van der Waals surface area contributed by atoms with Crippen LogP contribution < -0.4 is 16.4 Å². The van der Waals surface area contributed by atoms with Crippen LogP contribution in [0.3, 0.4) is 0 Å². The fourth-order valence-electron chi connectivity index (χ4n) is 3.43. The molecule has 1 fully saturated rings. The molecule has 9 heteroatoms. The molecule has 3 amide bonds. The molecule has 0 bridgehead atoms. The van der Waals surface area contributed by atoms with Gasteiger partial charge in [-0.15, -0.1) is 0 Å². The normalized spacial score (nSPS) is 19.7. The molecule has 0 aliphatic carbocycles. The van der Waals surface area contributed by atoms with E-state index in [2.05, 4.69) is 10.6 Å². The lowest BCUT2D eigenvalue weighted by Crippen LogP contribution is -2.51. The molecular weight excluding hydrogens is 388 g/mol. The second-order valence-corrected chi connectivity index (χ2v) is 8.03. The maximum Gasteiger partial charge on any atom is 0.322 e. The first-order chi connectivity index (χ1) is 14.1. The average molecular weight is 418 g/mol. The van der Waals surface area contributed by atoms with E-state index in [0.29, 0.717) is 6.42 Å². The molecule has 1 heterocycles. The van der Waals surface area contributed by atoms with Crippen LogP contribution in [0.1, 0.15) is 32.8 Å². The van der Waals surface area contributed by atoms with Gasteiger partial charge in [-0.25, -0.2) is 0 Å². The van der Waals surface area contributed by atoms with E-state index in [1.165, 1.54) is 4.90 Å². The summed E-state index contributed by atoms with van der Waals surface area (Å²) >= 11 is 0. The third-order valence-corrected chi connectivity index (χ3v) is 5.00. The number of hydrogen-bond donors (Lipinski definition) is 4. The summed E-state index contributed by atoms with van der Waals surface area (Å²) < 4.78 is 0. The third-order valence-electron chi connectivity index (χ3n) is 5.00. The van der Waals surface area contributed by atoms with Crippen LogP contribution in [0.25, 0.3) is 0 Å². The second kappa shape index (κ2) is 10.2. The van der Waals surface area contributed by atoms with E-state index in [1.807, 2.05) is 44.2 Å². The minimum Gasteiger partial charge on any atom is -0.480 e. The summed E-state index contributed by atoms with van der Waals surface area (Å²) in [5, 5.41) is 13.8. The van der Waals surface area contributed by atoms with Crippen LogP contribution in [0.5, 0.6) is 0 Å². The zero-order valence-electron chi connectivity index (χ0n) is 17.5. The van der Waals surface area contributed by atoms with Crippen LogP contribution in [-0.4, -0.2) is 64.4 Å². The third kappa shape index (κ3) is 6.28. The van der Waals surface area contributed by atoms with Crippen LogP contribution in [0, 0.1) is 5.92 Å². The van der Waals surface area contributed by atoms with Crippen molar-refractivity contribution in [1.29, 1.82) is 0 Å². The summed E-state index contributed by atoms with van der Waals surface area (Å²) in [4.78, 5) is 50.0. The standard InChI is InChI=1S/C21H30N4O5/c1-12(2)9-15(22)21(30)25-13(3)18(25)20(29)24-16(19(28)23-11-17(26)27)10-14-7-5-4-6-8-14/h4-8,12-13,15-16,18H,9-11,22H2,1-3H3,(H,23,28)(H,24,29)(H,26,27)/t13-,15-,16-,18-,25?/m0/s1. The van der Waals surface area contributed by atoms with Gasteiger partial charge in [-0.1, -0.05) is 44.2 Å². The number of carboxylic acids is 1. The Labute approximate surface area is 176 Å². The highest BCUT2D eigenvalue weighted by Crippen LogP contribution is 2.29. The van der Waals surface area contributed by atoms with Crippen molar-refractivity contribution in [3.05, 3.63) is 35.9 Å². The Balaban J connectivity index is 2.05. The number of nitrogens with two attached hydrogens (primary N) is 1. The number of amides is 3. The molecule has 1 aliphatic rings. The Kier molecular flexibility index (Phi) is 7.93. The van der Waals surface area contributed by atoms with Gasteiger partial charge in [-0.05, 0) is 24.8 Å². The van der Waals surface area contributed by atoms with Crippen LogP contribution in [0.2, 0.25) is 0 Å². The lowest BCUT2D eigenvalue weighted by atomic mass is 10.0. The van der Waals surface area contributed by atoms with Crippen molar-refractivity contribution in [2.24, 2.45) is 11.7 Å². The quantitative estimate of drug-likeness (QED) is 0.391. The van der Waals surface area contributed by atoms with Crippen molar-refractivity contribution >= 4 is 23.7 Å². The van der Waals surface area contributed by atoms with Crippen LogP contribution in [0.15, 0.2) is 30.3 Å². The highest BCUT2D eigenvalue weighted by molar-refractivity contribution is 5.97. The SMILES string of the molecule is CC(C)C[C@H](N)C(=O)N1[C@H](C(=O)N[C@@H](Cc2ccccc2)C(=O)NCC(=O)O)[C@@H]1C. The second-order valence-electron chi connectivity index (χ2n) is 8.03. The molecule has 164 valence electrons. The fourth-order valence-corrected chi connectivity index (χ4v) is 3.43. The molecule has 1 aliphatic heterocycles. The van der Waals surface area contributed by atoms with E-state index in [1.54, 1.807) is 6.92 Å². The summed E-state index contributed by atoms with van der Waals surface area (Å²) in [6, 6.07) is 6.42. The Morgan fingerprint density at radius 3 is 2.37 bits per heavy atom. The molecule has 1 aromatic carbocycles. The predicted molar refractivity (Wildman–Crippen MR) is 110 cm³/mol. The first kappa shape index (κ1) is 23.3. The highest BCUT2D eigenvalue weighted by atomic mass is 16.4. The van der Waals surface area contributed by atoms with E-state index in [9.17, 15) is 19.2 Å². The molecule has 0 aromatic heterocycles. The Bertz CT molecular complexity index is 783. The molecule has 2 rings (SSSR count). The van der Waals surface area contributed by atoms with Crippen molar-refractivity contribution in [3.63, 3.8) is 0 Å². The first-order valence-electron chi connectivity index (χ1n) is 10.0. The maximum atomic E-state index is 12.8. The van der Waals surface area contributed by atoms with Gasteiger partial charge in [0, 0.05) is 6.42 Å². The molecule has 0 radical (unpaired) electrons. The van der Waals surface area contributed by atoms with Crippen molar-refractivity contribution in [2.75, 3.05) is 6.54 Å². The van der Waals surface area contributed by atoms with Gasteiger partial charge in [0.05, 0.1) is 12.1 Å². The minimum absolute atomic E-state index is 0.194. The monoisotopic (exact) mass is 418 g/mol. The molecule has 0 saturated carbocycles. The number of aliphatic carboxylic acids is 1. The molecule has 0 spiro atoms. The number of nitrogens with zero attached hydrogens (tertiary/aromatic N) is 1. The van der Waals surface area contributed by atoms with Gasteiger partial charge in [0.15, 0.2) is 0 Å². The van der Waals surface area contributed by atoms with Gasteiger partial charge in [0.1, 0.15) is 18.6 Å². The van der Waals surface area contributed by atoms with E-state index in [0.717, 1.165) is 5.56 Å². The van der Waals surface area contributed by atoms with Crippen molar-refractivity contribution in [3.8, 4) is 0 Å². The Morgan fingerprint density at radius 1 is 1.17 bits per heavy atom. The Hall–Kier alpha value is -2.94. The molecule has 1 aromatic rings. The van der Waals surface area contributed by atoms with E-state index < -0.39 is 42.5 Å². The summed E-state index contributed by atoms with van der Waals surface area (Å²) in [6.45, 7) is 5.13. The molecule has 1 saturated heterocycles. The summed E-state index contributed by atoms with van der Waals surface area (Å²) in [5.41, 5.74) is 6.77. The summed E-state index contributed by atoms with van der Waals surface area (Å²) in [5.74, 6) is -2.28. The molecule has 9 nitrogen and oxygen atoms in total. The van der Waals surface area contributed by atoms with E-state index >= 15 is 0 Å². The predicted octanol–water partition coefficient (Wildman–Crippen LogP) is -0.113. The minimum atomic E-state index is -1.18. The zero-order valence-corrected chi connectivity index (χ0v) is 17.5. The lowest BCUT2D eigenvalue weighted by Gasteiger charge is -2.19. The van der Waals surface area contributed by atoms with Crippen LogP contribution in [-0.2, 0) is 25.6 Å². The fraction of sp³-hybridized carbons (Fsp3) is 0.524. The van der Waals surface area contributed by atoms with Gasteiger partial charge < -0.3 is 26.4 Å². The van der Waals surface area contributed by atoms with Gasteiger partial charge in [-0.3, -0.25) is 19.2 Å². The molecular formula is C21H30N4O5. The maximum absolute atomic E-state index is 12.8. The van der Waals surface area contributed by atoms with Gasteiger partial charge in [0.2, 0.25) is 17.7 Å². The van der Waals surface area contributed by atoms with Crippen molar-refractivity contribution in [2.45, 2.75) is 57.8 Å². The topological polar surface area (TPSA) is 142 Å². The van der Waals surface area contributed by atoms with Crippen LogP contribution in [0.4, 0.5) is 0 Å². The number of carboxylic acid groups (broad SMARTS) is 1. The van der Waals surface area contributed by atoms with Crippen LogP contribution >= 0.6 is 0 Å². The number of carbonyl (C=O) groups is 4. The Morgan fingerprint density at radius 2 is 1.80 bits per heavy atom. The molecule has 30 heavy (non-hydrogen) atoms. The number of benzene rings is 1. The lowest BCUT2D eigenvalue weighted by molar-refractivity contribution is -0.138. The van der Waals surface area contributed by atoms with Crippen molar-refractivity contribution < 1.29 is 24.3 Å².